The normalized spacial score (nSPS) is 15.1. The van der Waals surface area contributed by atoms with E-state index in [0.717, 1.165) is 28.7 Å². The molecule has 0 radical (unpaired) electrons. The topological polar surface area (TPSA) is 39.1 Å². The van der Waals surface area contributed by atoms with Gasteiger partial charge in [0.15, 0.2) is 0 Å². The van der Waals surface area contributed by atoms with Crippen LogP contribution < -0.4 is 10.1 Å². The van der Waals surface area contributed by atoms with Gasteiger partial charge in [0.1, 0.15) is 6.61 Å². The van der Waals surface area contributed by atoms with Crippen molar-refractivity contribution in [2.75, 3.05) is 7.05 Å². The Kier molecular flexibility index (Phi) is 7.40. The van der Waals surface area contributed by atoms with E-state index in [2.05, 4.69) is 10.00 Å². The maximum absolute atomic E-state index is 6.22. The van der Waals surface area contributed by atoms with Crippen LogP contribution in [0.1, 0.15) is 49.4 Å². The van der Waals surface area contributed by atoms with Crippen LogP contribution in [0.25, 0.3) is 0 Å². The number of hydrogen-bond donors (Lipinski definition) is 1. The Labute approximate surface area is 154 Å². The summed E-state index contributed by atoms with van der Waals surface area (Å²) < 4.78 is 8.16. The maximum Gasteiger partial charge on any atom is 0.212 e. The third-order valence-corrected chi connectivity index (χ3v) is 4.73. The summed E-state index contributed by atoms with van der Waals surface area (Å²) in [5.41, 5.74) is 2.02. The Bertz CT molecular complexity index is 639. The van der Waals surface area contributed by atoms with E-state index in [0.29, 0.717) is 12.6 Å². The minimum atomic E-state index is 0. The molecule has 0 aliphatic heterocycles. The zero-order valence-electron chi connectivity index (χ0n) is 14.0. The van der Waals surface area contributed by atoms with Gasteiger partial charge in [-0.1, -0.05) is 49.1 Å². The average Bonchev–Trinajstić information content (AvgIpc) is 2.98. The summed E-state index contributed by atoms with van der Waals surface area (Å²) in [6.07, 6.45) is 6.24. The van der Waals surface area contributed by atoms with E-state index in [1.54, 1.807) is 0 Å². The number of benzene rings is 1. The van der Waals surface area contributed by atoms with E-state index in [1.165, 1.54) is 32.1 Å². The van der Waals surface area contributed by atoms with Crippen LogP contribution in [0.5, 0.6) is 5.88 Å². The minimum Gasteiger partial charge on any atom is -0.473 e. The molecule has 3 rings (SSSR count). The van der Waals surface area contributed by atoms with E-state index < -0.39 is 0 Å². The Balaban J connectivity index is 0.00000208. The standard InChI is InChI=1S/C18H24ClN3O.ClH/c1-20-12-15-11-18(22(21-15)16-8-3-2-4-9-16)23-13-14-7-5-6-10-17(14)19;/h5-7,10-11,16,20H,2-4,8-9,12-13H2,1H3;1H. The molecule has 6 heteroatoms. The molecule has 1 aliphatic rings. The second-order valence-electron chi connectivity index (χ2n) is 6.12. The molecule has 1 aliphatic carbocycles. The molecule has 1 saturated carbocycles. The summed E-state index contributed by atoms with van der Waals surface area (Å²) in [5.74, 6) is 0.849. The molecule has 0 saturated heterocycles. The monoisotopic (exact) mass is 369 g/mol. The van der Waals surface area contributed by atoms with Crippen molar-refractivity contribution in [3.63, 3.8) is 0 Å². The zero-order chi connectivity index (χ0) is 16.1. The molecule has 0 amide bonds. The Morgan fingerprint density at radius 2 is 2.00 bits per heavy atom. The van der Waals surface area contributed by atoms with Crippen LogP contribution in [0.15, 0.2) is 30.3 Å². The van der Waals surface area contributed by atoms with Gasteiger partial charge >= 0.3 is 0 Å². The first kappa shape index (κ1) is 19.1. The van der Waals surface area contributed by atoms with Gasteiger partial charge in [-0.3, -0.25) is 0 Å². The van der Waals surface area contributed by atoms with E-state index in [1.807, 2.05) is 37.4 Å². The van der Waals surface area contributed by atoms with Gasteiger partial charge in [0.2, 0.25) is 5.88 Å². The van der Waals surface area contributed by atoms with Crippen LogP contribution in [-0.4, -0.2) is 16.8 Å². The largest absolute Gasteiger partial charge is 0.473 e. The fourth-order valence-corrected chi connectivity index (χ4v) is 3.35. The summed E-state index contributed by atoms with van der Waals surface area (Å²) in [5, 5.41) is 8.65. The molecular weight excluding hydrogens is 345 g/mol. The smallest absolute Gasteiger partial charge is 0.212 e. The maximum atomic E-state index is 6.22. The van der Waals surface area contributed by atoms with Gasteiger partial charge in [0, 0.05) is 23.2 Å². The van der Waals surface area contributed by atoms with Crippen LogP contribution in [0.2, 0.25) is 5.02 Å². The molecule has 4 nitrogen and oxygen atoms in total. The highest BCUT2D eigenvalue weighted by Gasteiger charge is 2.21. The first-order valence-corrected chi connectivity index (χ1v) is 8.75. The highest BCUT2D eigenvalue weighted by atomic mass is 35.5. The van der Waals surface area contributed by atoms with Crippen LogP contribution >= 0.6 is 24.0 Å². The highest BCUT2D eigenvalue weighted by Crippen LogP contribution is 2.32. The van der Waals surface area contributed by atoms with Crippen molar-refractivity contribution in [2.45, 2.75) is 51.3 Å². The van der Waals surface area contributed by atoms with Crippen molar-refractivity contribution in [1.82, 2.24) is 15.1 Å². The van der Waals surface area contributed by atoms with Gasteiger partial charge in [0.25, 0.3) is 0 Å². The lowest BCUT2D eigenvalue weighted by atomic mass is 9.96. The Morgan fingerprint density at radius 3 is 2.71 bits per heavy atom. The first-order valence-electron chi connectivity index (χ1n) is 8.37. The summed E-state index contributed by atoms with van der Waals surface area (Å²) in [7, 11) is 1.93. The third kappa shape index (κ3) is 4.65. The Hall–Kier alpha value is -1.23. The lowest BCUT2D eigenvalue weighted by Gasteiger charge is -2.23. The van der Waals surface area contributed by atoms with Crippen molar-refractivity contribution >= 4 is 24.0 Å². The molecule has 2 aromatic rings. The molecule has 1 aromatic heterocycles. The lowest BCUT2D eigenvalue weighted by Crippen LogP contribution is -2.16. The van der Waals surface area contributed by atoms with Gasteiger partial charge in [-0.2, -0.15) is 5.10 Å². The van der Waals surface area contributed by atoms with Gasteiger partial charge in [0.05, 0.1) is 11.7 Å². The third-order valence-electron chi connectivity index (χ3n) is 4.36. The second-order valence-corrected chi connectivity index (χ2v) is 6.53. The molecule has 1 heterocycles. The SMILES string of the molecule is CNCc1cc(OCc2ccccc2Cl)n(C2CCCCC2)n1.Cl. The zero-order valence-corrected chi connectivity index (χ0v) is 15.6. The quantitative estimate of drug-likeness (QED) is 0.797. The molecule has 1 aromatic carbocycles. The van der Waals surface area contributed by atoms with Crippen molar-refractivity contribution in [3.05, 3.63) is 46.6 Å². The summed E-state index contributed by atoms with van der Waals surface area (Å²) in [4.78, 5) is 0. The number of ether oxygens (including phenoxy) is 1. The molecule has 0 unspecified atom stereocenters. The van der Waals surface area contributed by atoms with E-state index in [-0.39, 0.29) is 12.4 Å². The number of rotatable bonds is 6. The predicted octanol–water partition coefficient (Wildman–Crippen LogP) is 4.76. The number of nitrogens with zero attached hydrogens (tertiary/aromatic N) is 2. The van der Waals surface area contributed by atoms with Crippen LogP contribution in [-0.2, 0) is 13.2 Å². The van der Waals surface area contributed by atoms with Gasteiger partial charge in [-0.25, -0.2) is 4.68 Å². The first-order chi connectivity index (χ1) is 11.3. The summed E-state index contributed by atoms with van der Waals surface area (Å²) >= 11 is 6.22. The van der Waals surface area contributed by atoms with Crippen molar-refractivity contribution in [2.24, 2.45) is 0 Å². The van der Waals surface area contributed by atoms with Crippen LogP contribution in [0, 0.1) is 0 Å². The molecule has 1 N–H and O–H groups in total. The molecule has 132 valence electrons. The summed E-state index contributed by atoms with van der Waals surface area (Å²) in [6, 6.07) is 10.3. The highest BCUT2D eigenvalue weighted by molar-refractivity contribution is 6.31. The minimum absolute atomic E-state index is 0. The van der Waals surface area contributed by atoms with Crippen LogP contribution in [0.3, 0.4) is 0 Å². The summed E-state index contributed by atoms with van der Waals surface area (Å²) in [6.45, 7) is 1.22. The fraction of sp³-hybridized carbons (Fsp3) is 0.500. The Morgan fingerprint density at radius 1 is 1.25 bits per heavy atom. The molecular formula is C18H25Cl2N3O. The fourth-order valence-electron chi connectivity index (χ4n) is 3.15. The molecule has 0 spiro atoms. The van der Waals surface area contributed by atoms with Gasteiger partial charge in [-0.15, -0.1) is 12.4 Å². The average molecular weight is 370 g/mol. The van der Waals surface area contributed by atoms with E-state index in [4.69, 9.17) is 21.4 Å². The number of hydrogen-bond acceptors (Lipinski definition) is 3. The van der Waals surface area contributed by atoms with Crippen molar-refractivity contribution in [3.8, 4) is 5.88 Å². The van der Waals surface area contributed by atoms with Crippen molar-refractivity contribution < 1.29 is 4.74 Å². The number of nitrogens with one attached hydrogen (secondary N) is 1. The van der Waals surface area contributed by atoms with E-state index in [9.17, 15) is 0 Å². The second kappa shape index (κ2) is 9.30. The molecule has 0 bridgehead atoms. The number of halogens is 2. The molecule has 24 heavy (non-hydrogen) atoms. The van der Waals surface area contributed by atoms with Crippen molar-refractivity contribution in [1.29, 1.82) is 0 Å². The molecule has 1 fully saturated rings. The van der Waals surface area contributed by atoms with Crippen LogP contribution in [0.4, 0.5) is 0 Å². The van der Waals surface area contributed by atoms with E-state index >= 15 is 0 Å². The van der Waals surface area contributed by atoms with Gasteiger partial charge in [-0.05, 0) is 26.0 Å². The number of aromatic nitrogens is 2. The molecule has 0 atom stereocenters. The predicted molar refractivity (Wildman–Crippen MR) is 100 cm³/mol. The lowest BCUT2D eigenvalue weighted by molar-refractivity contribution is 0.238. The van der Waals surface area contributed by atoms with Gasteiger partial charge < -0.3 is 10.1 Å².